The van der Waals surface area contributed by atoms with Gasteiger partial charge in [-0.1, -0.05) is 18.2 Å². The number of guanidine groups is 1. The van der Waals surface area contributed by atoms with Crippen molar-refractivity contribution >= 4 is 29.9 Å². The Balaban J connectivity index is 0.00000280. The Kier molecular flexibility index (Phi) is 9.81. The predicted octanol–water partition coefficient (Wildman–Crippen LogP) is 2.67. The van der Waals surface area contributed by atoms with Crippen LogP contribution in [0, 0.1) is 0 Å². The third-order valence-electron chi connectivity index (χ3n) is 5.89. The summed E-state index contributed by atoms with van der Waals surface area (Å²) in [4.78, 5) is 7.09. The van der Waals surface area contributed by atoms with Gasteiger partial charge >= 0.3 is 0 Å². The van der Waals surface area contributed by atoms with Gasteiger partial charge in [0.05, 0.1) is 7.11 Å². The van der Waals surface area contributed by atoms with Gasteiger partial charge in [-0.25, -0.2) is 0 Å². The summed E-state index contributed by atoms with van der Waals surface area (Å²) in [5, 5.41) is 7.03. The number of nitrogens with one attached hydrogen (secondary N) is 2. The Bertz CT molecular complexity index is 614. The van der Waals surface area contributed by atoms with Crippen molar-refractivity contribution in [3.8, 4) is 5.75 Å². The van der Waals surface area contributed by atoms with Gasteiger partial charge in [0.25, 0.3) is 0 Å². The van der Waals surface area contributed by atoms with Gasteiger partial charge in [-0.05, 0) is 56.8 Å². The van der Waals surface area contributed by atoms with E-state index in [-0.39, 0.29) is 29.5 Å². The minimum absolute atomic E-state index is 0. The molecule has 28 heavy (non-hydrogen) atoms. The SMILES string of the molecule is CN=C(NCCc1ccccc1OC)NCC1(N2CCCC2)CCOCC1.I. The number of nitrogens with zero attached hydrogens (tertiary/aromatic N) is 2. The lowest BCUT2D eigenvalue weighted by Crippen LogP contribution is -2.58. The molecule has 0 saturated carbocycles. The van der Waals surface area contributed by atoms with Crippen LogP contribution in [0.15, 0.2) is 29.3 Å². The van der Waals surface area contributed by atoms with Crippen LogP contribution < -0.4 is 15.4 Å². The van der Waals surface area contributed by atoms with E-state index in [4.69, 9.17) is 9.47 Å². The van der Waals surface area contributed by atoms with Gasteiger partial charge in [-0.2, -0.15) is 0 Å². The molecular formula is C21H35IN4O2. The summed E-state index contributed by atoms with van der Waals surface area (Å²) >= 11 is 0. The predicted molar refractivity (Wildman–Crippen MR) is 125 cm³/mol. The highest BCUT2D eigenvalue weighted by Gasteiger charge is 2.39. The molecule has 2 heterocycles. The average Bonchev–Trinajstić information content (AvgIpc) is 3.27. The maximum absolute atomic E-state index is 5.64. The van der Waals surface area contributed by atoms with Gasteiger partial charge in [-0.15, -0.1) is 24.0 Å². The quantitative estimate of drug-likeness (QED) is 0.341. The minimum atomic E-state index is 0. The van der Waals surface area contributed by atoms with Crippen LogP contribution in [0.1, 0.15) is 31.2 Å². The first kappa shape index (κ1) is 23.2. The maximum Gasteiger partial charge on any atom is 0.191 e. The first-order valence-corrected chi connectivity index (χ1v) is 10.2. The summed E-state index contributed by atoms with van der Waals surface area (Å²) < 4.78 is 11.1. The van der Waals surface area contributed by atoms with Crippen molar-refractivity contribution in [2.24, 2.45) is 4.99 Å². The molecule has 2 N–H and O–H groups in total. The van der Waals surface area contributed by atoms with Crippen LogP contribution in [0.2, 0.25) is 0 Å². The van der Waals surface area contributed by atoms with Crippen LogP contribution in [-0.2, 0) is 11.2 Å². The Morgan fingerprint density at radius 2 is 1.89 bits per heavy atom. The molecule has 1 aromatic carbocycles. The lowest BCUT2D eigenvalue weighted by atomic mass is 9.88. The van der Waals surface area contributed by atoms with Crippen molar-refractivity contribution in [1.29, 1.82) is 0 Å². The number of hydrogen-bond donors (Lipinski definition) is 2. The number of ether oxygens (including phenoxy) is 2. The minimum Gasteiger partial charge on any atom is -0.496 e. The summed E-state index contributed by atoms with van der Waals surface area (Å²) in [5.41, 5.74) is 1.41. The highest BCUT2D eigenvalue weighted by atomic mass is 127. The number of aliphatic imine (C=N–C) groups is 1. The summed E-state index contributed by atoms with van der Waals surface area (Å²) in [5.74, 6) is 1.81. The molecule has 2 fully saturated rings. The molecule has 2 aliphatic heterocycles. The molecular weight excluding hydrogens is 467 g/mol. The fourth-order valence-electron chi connectivity index (χ4n) is 4.24. The number of methoxy groups -OCH3 is 1. The van der Waals surface area contributed by atoms with Gasteiger partial charge in [0.15, 0.2) is 5.96 Å². The Morgan fingerprint density at radius 3 is 2.57 bits per heavy atom. The van der Waals surface area contributed by atoms with E-state index in [1.54, 1.807) is 7.11 Å². The Hall–Kier alpha value is -1.06. The Labute approximate surface area is 186 Å². The second-order valence-electron chi connectivity index (χ2n) is 7.45. The second-order valence-corrected chi connectivity index (χ2v) is 7.45. The average molecular weight is 502 g/mol. The smallest absolute Gasteiger partial charge is 0.191 e. The van der Waals surface area contributed by atoms with Crippen molar-refractivity contribution in [1.82, 2.24) is 15.5 Å². The normalized spacial score (nSPS) is 19.7. The topological polar surface area (TPSA) is 58.1 Å². The first-order valence-electron chi connectivity index (χ1n) is 10.2. The van der Waals surface area contributed by atoms with Gasteiger partial charge in [0, 0.05) is 38.9 Å². The number of likely N-dealkylation sites (tertiary alicyclic amines) is 1. The molecule has 0 spiro atoms. The van der Waals surface area contributed by atoms with E-state index in [9.17, 15) is 0 Å². The van der Waals surface area contributed by atoms with E-state index in [0.29, 0.717) is 0 Å². The highest BCUT2D eigenvalue weighted by molar-refractivity contribution is 14.0. The van der Waals surface area contributed by atoms with E-state index < -0.39 is 0 Å². The second kappa shape index (κ2) is 11.8. The summed E-state index contributed by atoms with van der Waals surface area (Å²) in [7, 11) is 3.56. The van der Waals surface area contributed by atoms with Crippen molar-refractivity contribution in [2.45, 2.75) is 37.6 Å². The zero-order valence-electron chi connectivity index (χ0n) is 17.2. The van der Waals surface area contributed by atoms with Crippen LogP contribution >= 0.6 is 24.0 Å². The molecule has 7 heteroatoms. The first-order chi connectivity index (χ1) is 13.3. The molecule has 0 atom stereocenters. The van der Waals surface area contributed by atoms with E-state index in [1.165, 1.54) is 31.5 Å². The molecule has 0 amide bonds. The zero-order chi connectivity index (χ0) is 19.0. The summed E-state index contributed by atoms with van der Waals surface area (Å²) in [6, 6.07) is 8.17. The standard InChI is InChI=1S/C21H34N4O2.HI/c1-22-20(23-12-9-18-7-3-4-8-19(18)26-2)24-17-21(10-15-27-16-11-21)25-13-5-6-14-25;/h3-4,7-8H,5-6,9-17H2,1-2H3,(H2,22,23,24);1H. The van der Waals surface area contributed by atoms with Crippen LogP contribution in [0.4, 0.5) is 0 Å². The third kappa shape index (κ3) is 5.97. The number of para-hydroxylation sites is 1. The largest absolute Gasteiger partial charge is 0.496 e. The van der Waals surface area contributed by atoms with E-state index >= 15 is 0 Å². The zero-order valence-corrected chi connectivity index (χ0v) is 19.5. The lowest BCUT2D eigenvalue weighted by molar-refractivity contribution is -0.0164. The van der Waals surface area contributed by atoms with Crippen LogP contribution in [0.5, 0.6) is 5.75 Å². The van der Waals surface area contributed by atoms with Crippen molar-refractivity contribution in [3.05, 3.63) is 29.8 Å². The molecule has 0 aliphatic carbocycles. The molecule has 1 aromatic rings. The highest BCUT2D eigenvalue weighted by Crippen LogP contribution is 2.30. The molecule has 2 saturated heterocycles. The fraction of sp³-hybridized carbons (Fsp3) is 0.667. The van der Waals surface area contributed by atoms with Crippen molar-refractivity contribution < 1.29 is 9.47 Å². The van der Waals surface area contributed by atoms with Gasteiger partial charge in [0.2, 0.25) is 0 Å². The number of rotatable bonds is 7. The van der Waals surface area contributed by atoms with E-state index in [1.807, 2.05) is 19.2 Å². The van der Waals surface area contributed by atoms with Crippen molar-refractivity contribution in [2.75, 3.05) is 53.6 Å². The van der Waals surface area contributed by atoms with E-state index in [0.717, 1.165) is 57.3 Å². The van der Waals surface area contributed by atoms with Crippen molar-refractivity contribution in [3.63, 3.8) is 0 Å². The summed E-state index contributed by atoms with van der Waals surface area (Å²) in [6.07, 6.45) is 5.72. The molecule has 2 aliphatic rings. The number of benzene rings is 1. The molecule has 6 nitrogen and oxygen atoms in total. The monoisotopic (exact) mass is 502 g/mol. The van der Waals surface area contributed by atoms with Gasteiger partial charge < -0.3 is 20.1 Å². The molecule has 0 bridgehead atoms. The molecule has 0 aromatic heterocycles. The van der Waals surface area contributed by atoms with Crippen LogP contribution in [0.3, 0.4) is 0 Å². The van der Waals surface area contributed by atoms with Gasteiger partial charge in [-0.3, -0.25) is 9.89 Å². The Morgan fingerprint density at radius 1 is 1.18 bits per heavy atom. The third-order valence-corrected chi connectivity index (χ3v) is 5.89. The van der Waals surface area contributed by atoms with Crippen LogP contribution in [-0.4, -0.2) is 69.9 Å². The molecule has 3 rings (SSSR count). The number of halogens is 1. The molecule has 158 valence electrons. The molecule has 0 radical (unpaired) electrons. The van der Waals surface area contributed by atoms with Crippen LogP contribution in [0.25, 0.3) is 0 Å². The lowest BCUT2D eigenvalue weighted by Gasteiger charge is -2.45. The molecule has 0 unspecified atom stereocenters. The number of hydrogen-bond acceptors (Lipinski definition) is 4. The van der Waals surface area contributed by atoms with E-state index in [2.05, 4.69) is 32.7 Å². The maximum atomic E-state index is 5.64. The van der Waals surface area contributed by atoms with Gasteiger partial charge in [0.1, 0.15) is 5.75 Å². The summed E-state index contributed by atoms with van der Waals surface area (Å²) in [6.45, 7) is 5.88. The fourth-order valence-corrected chi connectivity index (χ4v) is 4.24.